The number of aromatic nitrogens is 1. The van der Waals surface area contributed by atoms with Gasteiger partial charge in [-0.2, -0.15) is 5.26 Å². The van der Waals surface area contributed by atoms with Gasteiger partial charge in [-0.3, -0.25) is 9.59 Å². The molecular weight excluding hydrogens is 542 g/mol. The number of nitriles is 1. The molecule has 0 N–H and O–H groups in total. The van der Waals surface area contributed by atoms with Gasteiger partial charge in [0.15, 0.2) is 0 Å². The molecule has 0 saturated carbocycles. The van der Waals surface area contributed by atoms with Crippen LogP contribution in [-0.2, 0) is 0 Å². The Morgan fingerprint density at radius 3 is 2.05 bits per heavy atom. The highest BCUT2D eigenvalue weighted by Gasteiger charge is 2.39. The van der Waals surface area contributed by atoms with Gasteiger partial charge < -0.3 is 4.57 Å². The topological polar surface area (TPSA) is 66.1 Å². The Morgan fingerprint density at radius 1 is 0.523 bits per heavy atom. The minimum absolute atomic E-state index is 0.336. The van der Waals surface area contributed by atoms with Crippen LogP contribution >= 0.6 is 0 Å². The predicted octanol–water partition coefficient (Wildman–Crippen LogP) is 8.79. The van der Waals surface area contributed by atoms with Crippen molar-refractivity contribution in [3.8, 4) is 34.0 Å². The number of amides is 2. The molecule has 6 aromatic carbocycles. The lowest BCUT2D eigenvalue weighted by Gasteiger charge is -2.16. The molecule has 5 nitrogen and oxygen atoms in total. The number of para-hydroxylation sites is 1. The maximum Gasteiger partial charge on any atom is 0.268 e. The third-order valence-electron chi connectivity index (χ3n) is 8.34. The average Bonchev–Trinajstić information content (AvgIpc) is 3.55. The van der Waals surface area contributed by atoms with Crippen molar-refractivity contribution in [3.63, 3.8) is 0 Å². The zero-order valence-electron chi connectivity index (χ0n) is 23.4. The molecule has 0 spiro atoms. The number of fused-ring (bicyclic) bond motifs is 4. The van der Waals surface area contributed by atoms with Gasteiger partial charge in [-0.15, -0.1) is 0 Å². The average molecular weight is 566 g/mol. The van der Waals surface area contributed by atoms with Crippen LogP contribution in [0.3, 0.4) is 0 Å². The summed E-state index contributed by atoms with van der Waals surface area (Å²) < 4.78 is 2.08. The number of nitrogens with zero attached hydrogens (tertiary/aromatic N) is 3. The Hall–Kier alpha value is -6.25. The summed E-state index contributed by atoms with van der Waals surface area (Å²) in [6, 6.07) is 47.0. The van der Waals surface area contributed by atoms with Crippen molar-refractivity contribution in [2.45, 2.75) is 0 Å². The van der Waals surface area contributed by atoms with Crippen molar-refractivity contribution in [1.82, 2.24) is 4.57 Å². The van der Waals surface area contributed by atoms with Crippen LogP contribution in [-0.4, -0.2) is 16.4 Å². The monoisotopic (exact) mass is 565 g/mol. The van der Waals surface area contributed by atoms with Crippen LogP contribution in [0.25, 0.3) is 49.7 Å². The minimum atomic E-state index is -0.346. The Kier molecular flexibility index (Phi) is 5.75. The SMILES string of the molecule is N#Cc1cccc(-c2ccc3c(c2)c2ccccc2n3-c2cccc3c2C(=O)N(c2cccc(-c4ccccc4)c2)C3=O)c1. The molecular formula is C39H23N3O2. The second kappa shape index (κ2) is 9.94. The fraction of sp³-hybridized carbons (Fsp3) is 0. The Balaban J connectivity index is 1.29. The summed E-state index contributed by atoms with van der Waals surface area (Å²) in [4.78, 5) is 29.3. The highest BCUT2D eigenvalue weighted by molar-refractivity contribution is 6.36. The highest BCUT2D eigenvalue weighted by atomic mass is 16.2. The minimum Gasteiger partial charge on any atom is -0.308 e. The van der Waals surface area contributed by atoms with Crippen molar-refractivity contribution in [2.75, 3.05) is 4.90 Å². The molecule has 7 aromatic rings. The summed E-state index contributed by atoms with van der Waals surface area (Å²) in [5.74, 6) is -0.681. The van der Waals surface area contributed by atoms with Crippen LogP contribution in [0.1, 0.15) is 26.3 Å². The van der Waals surface area contributed by atoms with E-state index in [0.717, 1.165) is 44.1 Å². The number of rotatable bonds is 4. The van der Waals surface area contributed by atoms with E-state index in [4.69, 9.17) is 0 Å². The maximum atomic E-state index is 14.2. The van der Waals surface area contributed by atoms with E-state index < -0.39 is 0 Å². The van der Waals surface area contributed by atoms with Gasteiger partial charge in [-0.05, 0) is 76.9 Å². The number of hydrogen-bond donors (Lipinski definition) is 0. The summed E-state index contributed by atoms with van der Waals surface area (Å²) in [5, 5.41) is 11.5. The van der Waals surface area contributed by atoms with Crippen molar-refractivity contribution in [3.05, 3.63) is 156 Å². The van der Waals surface area contributed by atoms with Gasteiger partial charge in [0.1, 0.15) is 0 Å². The van der Waals surface area contributed by atoms with Crippen LogP contribution in [0, 0.1) is 11.3 Å². The van der Waals surface area contributed by atoms with Crippen LogP contribution in [0.5, 0.6) is 0 Å². The summed E-state index contributed by atoms with van der Waals surface area (Å²) in [6.45, 7) is 0. The number of carbonyl (C=O) groups is 2. The molecule has 2 amide bonds. The first kappa shape index (κ1) is 25.5. The summed E-state index contributed by atoms with van der Waals surface area (Å²) in [7, 11) is 0. The van der Waals surface area contributed by atoms with Gasteiger partial charge in [0, 0.05) is 10.8 Å². The normalized spacial score (nSPS) is 12.6. The maximum absolute atomic E-state index is 14.2. The molecule has 1 aromatic heterocycles. The molecule has 2 heterocycles. The van der Waals surface area contributed by atoms with Crippen molar-refractivity contribution in [1.29, 1.82) is 5.26 Å². The van der Waals surface area contributed by atoms with Gasteiger partial charge in [-0.1, -0.05) is 84.9 Å². The second-order valence-corrected chi connectivity index (χ2v) is 10.8. The first-order chi connectivity index (χ1) is 21.6. The van der Waals surface area contributed by atoms with Gasteiger partial charge in [0.2, 0.25) is 0 Å². The Bertz CT molecular complexity index is 2340. The third kappa shape index (κ3) is 3.86. The smallest absolute Gasteiger partial charge is 0.268 e. The number of benzene rings is 6. The largest absolute Gasteiger partial charge is 0.308 e. The standard InChI is InChI=1S/C39H23N3O2/c40-24-25-9-6-12-27(21-25)29-19-20-35-33(23-29)31-15-4-5-17-34(31)42(35)36-18-8-16-32-37(36)39(44)41(38(32)43)30-14-7-13-28(22-30)26-10-2-1-3-11-26/h1-23H. The molecule has 44 heavy (non-hydrogen) atoms. The molecule has 0 aliphatic carbocycles. The predicted molar refractivity (Wildman–Crippen MR) is 174 cm³/mol. The zero-order chi connectivity index (χ0) is 29.8. The van der Waals surface area contributed by atoms with Gasteiger partial charge in [0.05, 0.1) is 45.2 Å². The quantitative estimate of drug-likeness (QED) is 0.200. The molecule has 0 fully saturated rings. The van der Waals surface area contributed by atoms with E-state index in [1.807, 2.05) is 109 Å². The van der Waals surface area contributed by atoms with Gasteiger partial charge in [-0.25, -0.2) is 4.90 Å². The molecule has 206 valence electrons. The Morgan fingerprint density at radius 2 is 1.20 bits per heavy atom. The molecule has 0 atom stereocenters. The van der Waals surface area contributed by atoms with Crippen LogP contribution in [0.15, 0.2) is 140 Å². The fourth-order valence-electron chi connectivity index (χ4n) is 6.32. The summed E-state index contributed by atoms with van der Waals surface area (Å²) in [5.41, 5.74) is 8.31. The zero-order valence-corrected chi connectivity index (χ0v) is 23.4. The van der Waals surface area contributed by atoms with E-state index in [2.05, 4.69) is 22.8 Å². The van der Waals surface area contributed by atoms with E-state index in [1.54, 1.807) is 18.2 Å². The van der Waals surface area contributed by atoms with Crippen molar-refractivity contribution in [2.24, 2.45) is 0 Å². The van der Waals surface area contributed by atoms with E-state index in [0.29, 0.717) is 28.1 Å². The first-order valence-electron chi connectivity index (χ1n) is 14.3. The van der Waals surface area contributed by atoms with Gasteiger partial charge in [0.25, 0.3) is 11.8 Å². The molecule has 8 rings (SSSR count). The lowest BCUT2D eigenvalue weighted by molar-refractivity contribution is 0.0926. The van der Waals surface area contributed by atoms with E-state index in [-0.39, 0.29) is 11.8 Å². The van der Waals surface area contributed by atoms with Gasteiger partial charge >= 0.3 is 0 Å². The van der Waals surface area contributed by atoms with E-state index in [1.165, 1.54) is 4.90 Å². The fourth-order valence-corrected chi connectivity index (χ4v) is 6.32. The lowest BCUT2D eigenvalue weighted by atomic mass is 10.0. The lowest BCUT2D eigenvalue weighted by Crippen LogP contribution is -2.29. The molecule has 5 heteroatoms. The number of hydrogen-bond acceptors (Lipinski definition) is 3. The molecule has 0 saturated heterocycles. The molecule has 1 aliphatic rings. The summed E-state index contributed by atoms with van der Waals surface area (Å²) in [6.07, 6.45) is 0. The molecule has 0 bridgehead atoms. The first-order valence-corrected chi connectivity index (χ1v) is 14.3. The van der Waals surface area contributed by atoms with Crippen LogP contribution < -0.4 is 4.90 Å². The number of imide groups is 1. The second-order valence-electron chi connectivity index (χ2n) is 10.8. The molecule has 0 unspecified atom stereocenters. The van der Waals surface area contributed by atoms with E-state index >= 15 is 0 Å². The Labute approximate surface area is 253 Å². The van der Waals surface area contributed by atoms with Crippen molar-refractivity contribution < 1.29 is 9.59 Å². The van der Waals surface area contributed by atoms with Crippen molar-refractivity contribution >= 4 is 39.3 Å². The molecule has 1 aliphatic heterocycles. The van der Waals surface area contributed by atoms with E-state index in [9.17, 15) is 14.9 Å². The van der Waals surface area contributed by atoms with Crippen LogP contribution in [0.4, 0.5) is 5.69 Å². The summed E-state index contributed by atoms with van der Waals surface area (Å²) >= 11 is 0. The highest BCUT2D eigenvalue weighted by Crippen LogP contribution is 2.39. The number of anilines is 1. The number of carbonyl (C=O) groups excluding carboxylic acids is 2. The third-order valence-corrected chi connectivity index (χ3v) is 8.34. The molecule has 0 radical (unpaired) electrons. The van der Waals surface area contributed by atoms with Crippen LogP contribution in [0.2, 0.25) is 0 Å².